The lowest BCUT2D eigenvalue weighted by atomic mass is 9.95. The third-order valence-electron chi connectivity index (χ3n) is 3.39. The number of halogens is 1. The van der Waals surface area contributed by atoms with E-state index in [2.05, 4.69) is 21.2 Å². The Labute approximate surface area is 141 Å². The van der Waals surface area contributed by atoms with Gasteiger partial charge in [-0.1, -0.05) is 12.2 Å². The third-order valence-corrected chi connectivity index (χ3v) is 4.04. The number of anilines is 1. The molecule has 8 heteroatoms. The molecule has 0 heterocycles. The van der Waals surface area contributed by atoms with E-state index in [0.29, 0.717) is 16.6 Å². The first-order chi connectivity index (χ1) is 11.0. The van der Waals surface area contributed by atoms with Crippen molar-refractivity contribution >= 4 is 39.2 Å². The minimum Gasteiger partial charge on any atom is -0.455 e. The number of esters is 1. The van der Waals surface area contributed by atoms with Crippen molar-refractivity contribution in [2.45, 2.75) is 19.3 Å². The van der Waals surface area contributed by atoms with E-state index in [9.17, 15) is 19.7 Å². The minimum absolute atomic E-state index is 0.0911. The van der Waals surface area contributed by atoms with E-state index < -0.39 is 10.8 Å². The zero-order valence-electron chi connectivity index (χ0n) is 12.2. The maximum absolute atomic E-state index is 11.8. The fraction of sp³-hybridized carbons (Fsp3) is 0.333. The molecule has 23 heavy (non-hydrogen) atoms. The van der Waals surface area contributed by atoms with Crippen molar-refractivity contribution in [1.29, 1.82) is 0 Å². The molecule has 0 saturated carbocycles. The number of carbonyl (C=O) groups is 2. The van der Waals surface area contributed by atoms with Crippen molar-refractivity contribution < 1.29 is 19.2 Å². The number of carbonyl (C=O) groups excluding carboxylic acids is 2. The van der Waals surface area contributed by atoms with Crippen molar-refractivity contribution in [3.8, 4) is 0 Å². The lowest BCUT2D eigenvalue weighted by Gasteiger charge is -2.16. The summed E-state index contributed by atoms with van der Waals surface area (Å²) < 4.78 is 5.39. The zero-order valence-corrected chi connectivity index (χ0v) is 13.7. The normalized spacial score (nSPS) is 16.7. The molecule has 1 aromatic carbocycles. The van der Waals surface area contributed by atoms with Crippen molar-refractivity contribution in [2.75, 3.05) is 11.9 Å². The number of nitro benzene ring substituents is 1. The number of allylic oxidation sites excluding steroid dienone is 2. The van der Waals surface area contributed by atoms with Gasteiger partial charge in [0.1, 0.15) is 0 Å². The average molecular weight is 383 g/mol. The molecule has 1 aliphatic rings. The third kappa shape index (κ3) is 4.88. The highest BCUT2D eigenvalue weighted by Gasteiger charge is 2.21. The van der Waals surface area contributed by atoms with Gasteiger partial charge >= 0.3 is 5.97 Å². The summed E-state index contributed by atoms with van der Waals surface area (Å²) in [4.78, 5) is 33.8. The molecule has 0 spiro atoms. The second-order valence-electron chi connectivity index (χ2n) is 5.06. The molecule has 1 aliphatic carbocycles. The van der Waals surface area contributed by atoms with Crippen molar-refractivity contribution in [3.05, 3.63) is 44.9 Å². The molecule has 0 aliphatic heterocycles. The Hall–Kier alpha value is -2.22. The first-order valence-corrected chi connectivity index (χ1v) is 7.82. The number of hydrogen-bond acceptors (Lipinski definition) is 5. The average Bonchev–Trinajstić information content (AvgIpc) is 2.55. The minimum atomic E-state index is -0.531. The van der Waals surface area contributed by atoms with Crippen LogP contribution in [0.15, 0.2) is 34.8 Å². The van der Waals surface area contributed by atoms with Gasteiger partial charge in [0.05, 0.1) is 16.5 Å². The number of nitro groups is 1. The molecule has 0 saturated heterocycles. The van der Waals surface area contributed by atoms with Crippen LogP contribution in [0.3, 0.4) is 0 Å². The van der Waals surface area contributed by atoms with E-state index >= 15 is 0 Å². The van der Waals surface area contributed by atoms with Crippen molar-refractivity contribution in [2.24, 2.45) is 5.92 Å². The van der Waals surface area contributed by atoms with E-state index in [1.54, 1.807) is 0 Å². The molecule has 1 amide bonds. The summed E-state index contributed by atoms with van der Waals surface area (Å²) in [5.74, 6) is -1.08. The molecule has 1 atom stereocenters. The van der Waals surface area contributed by atoms with Crippen LogP contribution in [0.25, 0.3) is 0 Å². The number of ether oxygens (including phenoxy) is 1. The summed E-state index contributed by atoms with van der Waals surface area (Å²) in [6.45, 7) is -0.386. The van der Waals surface area contributed by atoms with Crippen LogP contribution < -0.4 is 5.32 Å². The molecule has 0 fully saturated rings. The highest BCUT2D eigenvalue weighted by Crippen LogP contribution is 2.27. The van der Waals surface area contributed by atoms with Crippen molar-refractivity contribution in [1.82, 2.24) is 0 Å². The monoisotopic (exact) mass is 382 g/mol. The standard InChI is InChI=1S/C15H15BrN2O5/c16-12-8-11(18(21)22)6-7-13(12)17-14(19)9-23-15(20)10-4-2-1-3-5-10/h1-2,6-8,10H,3-5,9H2,(H,17,19). The Morgan fingerprint density at radius 3 is 2.78 bits per heavy atom. The van der Waals surface area contributed by atoms with Gasteiger partial charge in [-0.15, -0.1) is 0 Å². The molecule has 0 aromatic heterocycles. The Morgan fingerprint density at radius 1 is 1.39 bits per heavy atom. The molecule has 1 unspecified atom stereocenters. The summed E-state index contributed by atoms with van der Waals surface area (Å²) in [5.41, 5.74) is 0.281. The van der Waals surface area contributed by atoms with E-state index in [4.69, 9.17) is 4.74 Å². The number of benzene rings is 1. The van der Waals surface area contributed by atoms with Crippen LogP contribution in [0.1, 0.15) is 19.3 Å². The van der Waals surface area contributed by atoms with Gasteiger partial charge in [0.15, 0.2) is 6.61 Å². The van der Waals surface area contributed by atoms with E-state index in [1.807, 2.05) is 12.2 Å². The fourth-order valence-corrected chi connectivity index (χ4v) is 2.63. The lowest BCUT2D eigenvalue weighted by Crippen LogP contribution is -2.25. The molecule has 0 radical (unpaired) electrons. The zero-order chi connectivity index (χ0) is 16.8. The van der Waals surface area contributed by atoms with E-state index in [1.165, 1.54) is 18.2 Å². The fourth-order valence-electron chi connectivity index (χ4n) is 2.17. The highest BCUT2D eigenvalue weighted by molar-refractivity contribution is 9.10. The van der Waals surface area contributed by atoms with Crippen LogP contribution in [0.2, 0.25) is 0 Å². The predicted octanol–water partition coefficient (Wildman–Crippen LogP) is 3.20. The Balaban J connectivity index is 1.86. The van der Waals surface area contributed by atoms with Gasteiger partial charge < -0.3 is 10.1 Å². The molecule has 0 bridgehead atoms. The number of amides is 1. The van der Waals surface area contributed by atoms with Crippen molar-refractivity contribution in [3.63, 3.8) is 0 Å². The van der Waals surface area contributed by atoms with Gasteiger partial charge in [-0.25, -0.2) is 0 Å². The van der Waals surface area contributed by atoms with Crippen LogP contribution in [-0.4, -0.2) is 23.4 Å². The van der Waals surface area contributed by atoms with Gasteiger partial charge in [-0.2, -0.15) is 0 Å². The molecule has 2 rings (SSSR count). The Kier molecular flexibility index (Phi) is 5.86. The Morgan fingerprint density at radius 2 is 2.17 bits per heavy atom. The molecule has 7 nitrogen and oxygen atoms in total. The number of hydrogen-bond donors (Lipinski definition) is 1. The number of non-ortho nitro benzene ring substituents is 1. The quantitative estimate of drug-likeness (QED) is 0.364. The summed E-state index contributed by atoms with van der Waals surface area (Å²) in [7, 11) is 0. The number of nitrogens with one attached hydrogen (secondary N) is 1. The van der Waals surface area contributed by atoms with Crippen LogP contribution in [0.4, 0.5) is 11.4 Å². The molecule has 1 aromatic rings. The van der Waals surface area contributed by atoms with Gasteiger partial charge in [0.2, 0.25) is 0 Å². The second kappa shape index (κ2) is 7.87. The largest absolute Gasteiger partial charge is 0.455 e. The van der Waals surface area contributed by atoms with Gasteiger partial charge in [-0.3, -0.25) is 19.7 Å². The highest BCUT2D eigenvalue weighted by atomic mass is 79.9. The number of rotatable bonds is 5. The van der Waals surface area contributed by atoms with Gasteiger partial charge in [0.25, 0.3) is 11.6 Å². The lowest BCUT2D eigenvalue weighted by molar-refractivity contribution is -0.384. The van der Waals surface area contributed by atoms with Gasteiger partial charge in [0, 0.05) is 16.6 Å². The molecule has 1 N–H and O–H groups in total. The van der Waals surface area contributed by atoms with Crippen LogP contribution >= 0.6 is 15.9 Å². The maximum atomic E-state index is 11.8. The van der Waals surface area contributed by atoms with Gasteiger partial charge in [-0.05, 0) is 41.3 Å². The van der Waals surface area contributed by atoms with E-state index in [-0.39, 0.29) is 24.2 Å². The summed E-state index contributed by atoms with van der Waals surface area (Å²) >= 11 is 3.15. The number of nitrogens with zero attached hydrogens (tertiary/aromatic N) is 1. The predicted molar refractivity (Wildman–Crippen MR) is 86.9 cm³/mol. The van der Waals surface area contributed by atoms with Crippen LogP contribution in [0.5, 0.6) is 0 Å². The van der Waals surface area contributed by atoms with Crippen LogP contribution in [0, 0.1) is 16.0 Å². The molecule has 122 valence electrons. The smallest absolute Gasteiger partial charge is 0.309 e. The first kappa shape index (κ1) is 17.1. The topological polar surface area (TPSA) is 98.5 Å². The van der Waals surface area contributed by atoms with Crippen LogP contribution in [-0.2, 0) is 14.3 Å². The summed E-state index contributed by atoms with van der Waals surface area (Å²) in [6.07, 6.45) is 6.15. The molecular formula is C15H15BrN2O5. The maximum Gasteiger partial charge on any atom is 0.309 e. The first-order valence-electron chi connectivity index (χ1n) is 7.03. The SMILES string of the molecule is O=C(COC(=O)C1CC=CCC1)Nc1ccc([N+](=O)[O-])cc1Br. The van der Waals surface area contributed by atoms with E-state index in [0.717, 1.165) is 12.8 Å². The summed E-state index contributed by atoms with van der Waals surface area (Å²) in [5, 5.41) is 13.2. The summed E-state index contributed by atoms with van der Waals surface area (Å²) in [6, 6.07) is 3.98. The Bertz CT molecular complexity index is 659. The second-order valence-corrected chi connectivity index (χ2v) is 5.91. The molecular weight excluding hydrogens is 368 g/mol.